The van der Waals surface area contributed by atoms with Crippen LogP contribution in [0.1, 0.15) is 44.4 Å². The number of rotatable bonds is 10. The van der Waals surface area contributed by atoms with Gasteiger partial charge in [-0.3, -0.25) is 14.5 Å². The normalized spacial score (nSPS) is 15.1. The molecule has 0 saturated carbocycles. The second-order valence-electron chi connectivity index (χ2n) is 9.08. The number of aryl methyl sites for hydroxylation is 2. The number of nitrogens with zero attached hydrogens (tertiary/aromatic N) is 3. The minimum absolute atomic E-state index is 0.0148. The van der Waals surface area contributed by atoms with Gasteiger partial charge in [-0.2, -0.15) is 5.10 Å². The Bertz CT molecular complexity index is 915. The number of benzene rings is 1. The van der Waals surface area contributed by atoms with Crippen molar-refractivity contribution in [1.82, 2.24) is 20.0 Å². The number of amides is 2. The van der Waals surface area contributed by atoms with Crippen molar-refractivity contribution in [2.24, 2.45) is 5.92 Å². The van der Waals surface area contributed by atoms with Crippen LogP contribution >= 0.6 is 0 Å². The highest BCUT2D eigenvalue weighted by atomic mass is 16.5. The second-order valence-corrected chi connectivity index (χ2v) is 9.08. The number of aromatic nitrogens is 2. The highest BCUT2D eigenvalue weighted by molar-refractivity contribution is 5.91. The lowest BCUT2D eigenvalue weighted by molar-refractivity contribution is -0.126. The van der Waals surface area contributed by atoms with Gasteiger partial charge < -0.3 is 15.4 Å². The van der Waals surface area contributed by atoms with Crippen molar-refractivity contribution < 1.29 is 14.3 Å². The molecular formula is C25H37N5O3. The van der Waals surface area contributed by atoms with Gasteiger partial charge in [0.25, 0.3) is 0 Å². The molecule has 0 atom stereocenters. The maximum Gasteiger partial charge on any atom is 0.239 e. The van der Waals surface area contributed by atoms with Crippen LogP contribution in [0.2, 0.25) is 0 Å². The van der Waals surface area contributed by atoms with Crippen molar-refractivity contribution in [3.63, 3.8) is 0 Å². The standard InChI is InChI=1S/C25H37N5O3/c1-18(2)33-15-5-12-26-25(32)21-10-13-29(14-11-21)17-24(31)27-23-16-20(4)28-30(23)22-8-6-19(3)7-9-22/h6-9,16,18,21H,5,10-15,17H2,1-4H3,(H,26,32)(H,27,31). The Morgan fingerprint density at radius 3 is 2.52 bits per heavy atom. The van der Waals surface area contributed by atoms with Crippen LogP contribution in [0.15, 0.2) is 30.3 Å². The molecule has 1 aromatic carbocycles. The highest BCUT2D eigenvalue weighted by Gasteiger charge is 2.26. The van der Waals surface area contributed by atoms with Gasteiger partial charge in [-0.15, -0.1) is 0 Å². The molecule has 180 valence electrons. The summed E-state index contributed by atoms with van der Waals surface area (Å²) in [5.41, 5.74) is 2.92. The number of carbonyl (C=O) groups excluding carboxylic acids is 2. The first-order valence-corrected chi connectivity index (χ1v) is 11.9. The fraction of sp³-hybridized carbons (Fsp3) is 0.560. The van der Waals surface area contributed by atoms with E-state index in [4.69, 9.17) is 4.74 Å². The van der Waals surface area contributed by atoms with Gasteiger partial charge in [-0.1, -0.05) is 17.7 Å². The second kappa shape index (κ2) is 12.0. The lowest BCUT2D eigenvalue weighted by Gasteiger charge is -2.30. The first kappa shape index (κ1) is 24.9. The summed E-state index contributed by atoms with van der Waals surface area (Å²) >= 11 is 0. The average Bonchev–Trinajstić information content (AvgIpc) is 3.13. The fourth-order valence-electron chi connectivity index (χ4n) is 3.96. The van der Waals surface area contributed by atoms with Crippen molar-refractivity contribution in [1.29, 1.82) is 0 Å². The van der Waals surface area contributed by atoms with Gasteiger partial charge in [0.2, 0.25) is 11.8 Å². The van der Waals surface area contributed by atoms with Crippen molar-refractivity contribution in [3.8, 4) is 5.69 Å². The molecule has 1 fully saturated rings. The molecule has 1 aliphatic heterocycles. The molecule has 2 N–H and O–H groups in total. The lowest BCUT2D eigenvalue weighted by atomic mass is 9.96. The fourth-order valence-corrected chi connectivity index (χ4v) is 3.96. The van der Waals surface area contributed by atoms with Crippen molar-refractivity contribution in [2.75, 3.05) is 38.1 Å². The Hall–Kier alpha value is -2.71. The Labute approximate surface area is 196 Å². The zero-order chi connectivity index (χ0) is 23.8. The van der Waals surface area contributed by atoms with Gasteiger partial charge in [0.05, 0.1) is 24.0 Å². The molecule has 1 aromatic heterocycles. The summed E-state index contributed by atoms with van der Waals surface area (Å²) in [5, 5.41) is 10.5. The highest BCUT2D eigenvalue weighted by Crippen LogP contribution is 2.19. The molecule has 1 aliphatic rings. The molecule has 2 aromatic rings. The summed E-state index contributed by atoms with van der Waals surface area (Å²) in [6.07, 6.45) is 2.57. The third-order valence-corrected chi connectivity index (χ3v) is 5.77. The number of ether oxygens (including phenoxy) is 1. The van der Waals surface area contributed by atoms with Crippen LogP contribution in [0, 0.1) is 19.8 Å². The van der Waals surface area contributed by atoms with E-state index < -0.39 is 0 Å². The van der Waals surface area contributed by atoms with E-state index in [0.717, 1.165) is 43.7 Å². The molecule has 0 radical (unpaired) electrons. The minimum Gasteiger partial charge on any atom is -0.379 e. The van der Waals surface area contributed by atoms with Crippen LogP contribution in [0.3, 0.4) is 0 Å². The van der Waals surface area contributed by atoms with E-state index in [1.54, 1.807) is 4.68 Å². The van der Waals surface area contributed by atoms with Gasteiger partial charge in [-0.25, -0.2) is 4.68 Å². The van der Waals surface area contributed by atoms with Gasteiger partial charge in [0.15, 0.2) is 0 Å². The largest absolute Gasteiger partial charge is 0.379 e. The van der Waals surface area contributed by atoms with Gasteiger partial charge in [0.1, 0.15) is 5.82 Å². The van der Waals surface area contributed by atoms with E-state index >= 15 is 0 Å². The summed E-state index contributed by atoms with van der Waals surface area (Å²) in [6, 6.07) is 9.91. The Morgan fingerprint density at radius 2 is 1.85 bits per heavy atom. The van der Waals surface area contributed by atoms with Crippen LogP contribution < -0.4 is 10.6 Å². The summed E-state index contributed by atoms with van der Waals surface area (Å²) in [5.74, 6) is 0.718. The molecule has 3 rings (SSSR count). The van der Waals surface area contributed by atoms with Gasteiger partial charge in [-0.05, 0) is 72.2 Å². The average molecular weight is 456 g/mol. The number of carbonyl (C=O) groups is 2. The van der Waals surface area contributed by atoms with E-state index in [2.05, 4.69) is 20.6 Å². The molecule has 0 unspecified atom stereocenters. The van der Waals surface area contributed by atoms with Crippen LogP contribution in [0.25, 0.3) is 5.69 Å². The molecular weight excluding hydrogens is 418 g/mol. The lowest BCUT2D eigenvalue weighted by Crippen LogP contribution is -2.43. The van der Waals surface area contributed by atoms with Gasteiger partial charge in [0, 0.05) is 25.1 Å². The molecule has 2 amide bonds. The molecule has 0 bridgehead atoms. The predicted molar refractivity (Wildman–Crippen MR) is 130 cm³/mol. The summed E-state index contributed by atoms with van der Waals surface area (Å²) < 4.78 is 7.26. The minimum atomic E-state index is -0.0729. The molecule has 0 spiro atoms. The van der Waals surface area contributed by atoms with E-state index in [1.807, 2.05) is 58.0 Å². The Balaban J connectivity index is 1.43. The van der Waals surface area contributed by atoms with Crippen LogP contribution in [0.5, 0.6) is 0 Å². The first-order chi connectivity index (χ1) is 15.8. The third kappa shape index (κ3) is 7.68. The van der Waals surface area contributed by atoms with Crippen molar-refractivity contribution in [2.45, 2.75) is 53.1 Å². The number of piperidine rings is 1. The zero-order valence-electron chi connectivity index (χ0n) is 20.3. The molecule has 8 nitrogen and oxygen atoms in total. The van der Waals surface area contributed by atoms with Crippen molar-refractivity contribution >= 4 is 17.6 Å². The van der Waals surface area contributed by atoms with E-state index in [9.17, 15) is 9.59 Å². The maximum atomic E-state index is 12.7. The molecule has 1 saturated heterocycles. The SMILES string of the molecule is Cc1ccc(-n2nc(C)cc2NC(=O)CN2CCC(C(=O)NCCCOC(C)C)CC2)cc1. The molecule has 2 heterocycles. The Morgan fingerprint density at radius 1 is 1.15 bits per heavy atom. The summed E-state index contributed by atoms with van der Waals surface area (Å²) in [6.45, 7) is 11.0. The molecule has 33 heavy (non-hydrogen) atoms. The molecule has 8 heteroatoms. The van der Waals surface area contributed by atoms with E-state index in [1.165, 1.54) is 5.56 Å². The monoisotopic (exact) mass is 455 g/mol. The van der Waals surface area contributed by atoms with Crippen LogP contribution in [0.4, 0.5) is 5.82 Å². The number of hydrogen-bond donors (Lipinski definition) is 2. The van der Waals surface area contributed by atoms with Crippen LogP contribution in [-0.4, -0.2) is 65.4 Å². The number of anilines is 1. The summed E-state index contributed by atoms with van der Waals surface area (Å²) in [7, 11) is 0. The maximum absolute atomic E-state index is 12.7. The number of likely N-dealkylation sites (tertiary alicyclic amines) is 1. The number of nitrogens with one attached hydrogen (secondary N) is 2. The van der Waals surface area contributed by atoms with Crippen molar-refractivity contribution in [3.05, 3.63) is 41.6 Å². The topological polar surface area (TPSA) is 88.5 Å². The smallest absolute Gasteiger partial charge is 0.239 e. The van der Waals surface area contributed by atoms with Crippen LogP contribution in [-0.2, 0) is 14.3 Å². The Kier molecular flexibility index (Phi) is 9.03. The van der Waals surface area contributed by atoms with Gasteiger partial charge >= 0.3 is 0 Å². The first-order valence-electron chi connectivity index (χ1n) is 11.9. The van der Waals surface area contributed by atoms with E-state index in [-0.39, 0.29) is 23.8 Å². The predicted octanol–water partition coefficient (Wildman–Crippen LogP) is 3.07. The molecule has 0 aliphatic carbocycles. The van der Waals surface area contributed by atoms with E-state index in [0.29, 0.717) is 25.5 Å². The quantitative estimate of drug-likeness (QED) is 0.538. The number of hydrogen-bond acceptors (Lipinski definition) is 5. The zero-order valence-corrected chi connectivity index (χ0v) is 20.3. The third-order valence-electron chi connectivity index (χ3n) is 5.77. The summed E-state index contributed by atoms with van der Waals surface area (Å²) in [4.78, 5) is 27.2.